The fourth-order valence-corrected chi connectivity index (χ4v) is 5.39. The summed E-state index contributed by atoms with van der Waals surface area (Å²) < 4.78 is 15.5. The molecule has 0 radical (unpaired) electrons. The molecule has 1 saturated heterocycles. The maximum atomic E-state index is 14.1. The van der Waals surface area contributed by atoms with Gasteiger partial charge in [0.05, 0.1) is 5.39 Å². The number of fused-ring (bicyclic) bond motifs is 2. The highest BCUT2D eigenvalue weighted by Gasteiger charge is 2.56. The van der Waals surface area contributed by atoms with Gasteiger partial charge >= 0.3 is 0 Å². The third-order valence-electron chi connectivity index (χ3n) is 7.24. The molecular weight excluding hydrogens is 437 g/mol. The van der Waals surface area contributed by atoms with E-state index in [-0.39, 0.29) is 53.7 Å². The molecule has 5 atom stereocenters. The highest BCUT2D eigenvalue weighted by Crippen LogP contribution is 2.48. The van der Waals surface area contributed by atoms with E-state index in [2.05, 4.69) is 15.4 Å². The first kappa shape index (κ1) is 20.9. The van der Waals surface area contributed by atoms with Crippen LogP contribution in [0.2, 0.25) is 0 Å². The average Bonchev–Trinajstić information content (AvgIpc) is 3.69. The van der Waals surface area contributed by atoms with E-state index in [1.807, 2.05) is 0 Å². The van der Waals surface area contributed by atoms with Crippen molar-refractivity contribution >= 4 is 28.6 Å². The molecular formula is C25H24FN5O3. The summed E-state index contributed by atoms with van der Waals surface area (Å²) in [5, 5.41) is 7.98. The molecule has 0 unspecified atom stereocenters. The third-order valence-corrected chi connectivity index (χ3v) is 7.24. The molecule has 3 aliphatic rings. The molecule has 2 saturated carbocycles. The lowest BCUT2D eigenvalue weighted by atomic mass is 10.1. The van der Waals surface area contributed by atoms with Crippen molar-refractivity contribution in [3.63, 3.8) is 0 Å². The first-order valence-corrected chi connectivity index (χ1v) is 11.6. The van der Waals surface area contributed by atoms with Crippen LogP contribution in [-0.2, 0) is 16.1 Å². The van der Waals surface area contributed by atoms with Gasteiger partial charge in [-0.2, -0.15) is 5.10 Å². The van der Waals surface area contributed by atoms with Crippen molar-refractivity contribution in [2.45, 2.75) is 56.8 Å². The first-order chi connectivity index (χ1) is 16.4. The van der Waals surface area contributed by atoms with Crippen molar-refractivity contribution in [3.8, 4) is 0 Å². The molecule has 6 rings (SSSR count). The second-order valence-corrected chi connectivity index (χ2v) is 9.53. The molecule has 2 aliphatic carbocycles. The second-order valence-electron chi connectivity index (χ2n) is 9.53. The molecule has 3 heterocycles. The number of piperidine rings is 1. The molecule has 174 valence electrons. The number of Topliss-reactive ketones (excluding diaryl/α,β-unsaturated/α-hetero) is 1. The van der Waals surface area contributed by atoms with Gasteiger partial charge in [0, 0.05) is 31.1 Å². The standard InChI is InChI=1S/C25H24FN5O3/c1-13(32)23-16-6-4-8-27-24(16)30(29-23)12-22(33)31-20-9-14(20)10-21(31)25(34)28-19-11-17(19)15-5-2-3-7-18(15)26/h2-8,14,17,19-21H,9-12H2,1H3,(H,28,34)/t14-,17-,19+,20-,21+/m1/s1. The SMILES string of the molecule is CC(=O)c1nn(CC(=O)N2[C@@H]3C[C@@H]3C[C@H]2C(=O)N[C@H]2C[C@@H]2c2ccccc2F)c2ncccc12. The Morgan fingerprint density at radius 1 is 1.12 bits per heavy atom. The van der Waals surface area contributed by atoms with E-state index in [9.17, 15) is 18.8 Å². The number of benzene rings is 1. The zero-order valence-electron chi connectivity index (χ0n) is 18.6. The number of carbonyl (C=O) groups excluding carboxylic acids is 3. The number of hydrogen-bond donors (Lipinski definition) is 1. The number of amides is 2. The van der Waals surface area contributed by atoms with Crippen molar-refractivity contribution < 1.29 is 18.8 Å². The maximum absolute atomic E-state index is 14.1. The van der Waals surface area contributed by atoms with E-state index in [0.717, 1.165) is 6.42 Å². The van der Waals surface area contributed by atoms with Crippen LogP contribution in [0.1, 0.15) is 48.2 Å². The number of nitrogens with zero attached hydrogens (tertiary/aromatic N) is 4. The van der Waals surface area contributed by atoms with Gasteiger partial charge in [-0.3, -0.25) is 14.4 Å². The van der Waals surface area contributed by atoms with Crippen LogP contribution in [-0.4, -0.2) is 55.4 Å². The van der Waals surface area contributed by atoms with E-state index in [0.29, 0.717) is 35.4 Å². The fourth-order valence-electron chi connectivity index (χ4n) is 5.39. The molecule has 9 heteroatoms. The van der Waals surface area contributed by atoms with Gasteiger partial charge < -0.3 is 10.2 Å². The zero-order chi connectivity index (χ0) is 23.6. The van der Waals surface area contributed by atoms with Crippen LogP contribution in [0, 0.1) is 11.7 Å². The lowest BCUT2D eigenvalue weighted by molar-refractivity contribution is -0.140. The van der Waals surface area contributed by atoms with Gasteiger partial charge in [-0.15, -0.1) is 0 Å². The Balaban J connectivity index is 1.17. The van der Waals surface area contributed by atoms with Gasteiger partial charge in [-0.05, 0) is 48.9 Å². The molecule has 1 aliphatic heterocycles. The Hall–Kier alpha value is -3.62. The van der Waals surface area contributed by atoms with Crippen LogP contribution < -0.4 is 5.32 Å². The summed E-state index contributed by atoms with van der Waals surface area (Å²) in [6.07, 6.45) is 3.82. The molecule has 34 heavy (non-hydrogen) atoms. The van der Waals surface area contributed by atoms with E-state index in [4.69, 9.17) is 0 Å². The van der Waals surface area contributed by atoms with Crippen molar-refractivity contribution in [1.82, 2.24) is 25.0 Å². The van der Waals surface area contributed by atoms with Gasteiger partial charge in [0.1, 0.15) is 24.1 Å². The summed E-state index contributed by atoms with van der Waals surface area (Å²) >= 11 is 0. The number of aromatic nitrogens is 3. The Morgan fingerprint density at radius 2 is 1.94 bits per heavy atom. The van der Waals surface area contributed by atoms with Gasteiger partial charge in [-0.25, -0.2) is 14.1 Å². The summed E-state index contributed by atoms with van der Waals surface area (Å²) in [5.74, 6) is -0.542. The average molecular weight is 461 g/mol. The summed E-state index contributed by atoms with van der Waals surface area (Å²) in [7, 11) is 0. The maximum Gasteiger partial charge on any atom is 0.245 e. The van der Waals surface area contributed by atoms with Gasteiger partial charge in [0.15, 0.2) is 11.4 Å². The van der Waals surface area contributed by atoms with E-state index < -0.39 is 6.04 Å². The summed E-state index contributed by atoms with van der Waals surface area (Å²) in [6.45, 7) is 1.35. The Morgan fingerprint density at radius 3 is 2.74 bits per heavy atom. The minimum atomic E-state index is -0.541. The summed E-state index contributed by atoms with van der Waals surface area (Å²) in [4.78, 5) is 44.5. The normalized spacial score (nSPS) is 26.9. The molecule has 1 N–H and O–H groups in total. The largest absolute Gasteiger partial charge is 0.351 e. The van der Waals surface area contributed by atoms with Crippen LogP contribution >= 0.6 is 0 Å². The molecule has 1 aromatic carbocycles. The van der Waals surface area contributed by atoms with Crippen molar-refractivity contribution in [2.24, 2.45) is 5.92 Å². The number of nitrogens with one attached hydrogen (secondary N) is 1. The molecule has 3 fully saturated rings. The Kier molecular flexibility index (Phi) is 4.75. The van der Waals surface area contributed by atoms with Crippen molar-refractivity contribution in [3.05, 3.63) is 59.7 Å². The number of pyridine rings is 1. The zero-order valence-corrected chi connectivity index (χ0v) is 18.6. The first-order valence-electron chi connectivity index (χ1n) is 11.6. The van der Waals surface area contributed by atoms with Gasteiger partial charge in [0.25, 0.3) is 0 Å². The minimum Gasteiger partial charge on any atom is -0.351 e. The predicted molar refractivity (Wildman–Crippen MR) is 120 cm³/mol. The topological polar surface area (TPSA) is 97.2 Å². The molecule has 0 bridgehead atoms. The van der Waals surface area contributed by atoms with Crippen LogP contribution in [0.25, 0.3) is 11.0 Å². The highest BCUT2D eigenvalue weighted by atomic mass is 19.1. The lowest BCUT2D eigenvalue weighted by Crippen LogP contribution is -2.49. The number of hydrogen-bond acceptors (Lipinski definition) is 5. The van der Waals surface area contributed by atoms with E-state index in [1.54, 1.807) is 41.4 Å². The molecule has 8 nitrogen and oxygen atoms in total. The molecule has 2 amide bonds. The monoisotopic (exact) mass is 461 g/mol. The van der Waals surface area contributed by atoms with Crippen molar-refractivity contribution in [1.29, 1.82) is 0 Å². The third kappa shape index (κ3) is 3.46. The number of likely N-dealkylation sites (tertiary alicyclic amines) is 1. The Labute approximate surface area is 195 Å². The number of ketones is 1. The smallest absolute Gasteiger partial charge is 0.245 e. The lowest BCUT2D eigenvalue weighted by Gasteiger charge is -2.27. The fraction of sp³-hybridized carbons (Fsp3) is 0.400. The quantitative estimate of drug-likeness (QED) is 0.569. The Bertz CT molecular complexity index is 1340. The van der Waals surface area contributed by atoms with Crippen LogP contribution in [0.3, 0.4) is 0 Å². The van der Waals surface area contributed by atoms with Crippen molar-refractivity contribution in [2.75, 3.05) is 0 Å². The van der Waals surface area contributed by atoms with Gasteiger partial charge in [-0.1, -0.05) is 18.2 Å². The predicted octanol–water partition coefficient (Wildman–Crippen LogP) is 2.43. The molecule has 3 aromatic rings. The van der Waals surface area contributed by atoms with Crippen LogP contribution in [0.4, 0.5) is 4.39 Å². The molecule has 0 spiro atoms. The molecule has 2 aromatic heterocycles. The number of carbonyl (C=O) groups is 3. The van der Waals surface area contributed by atoms with Gasteiger partial charge in [0.2, 0.25) is 11.8 Å². The van der Waals surface area contributed by atoms with E-state index in [1.165, 1.54) is 17.7 Å². The van der Waals surface area contributed by atoms with Crippen LogP contribution in [0.5, 0.6) is 0 Å². The second kappa shape index (κ2) is 7.72. The summed E-state index contributed by atoms with van der Waals surface area (Å²) in [5.41, 5.74) is 1.37. The highest BCUT2D eigenvalue weighted by molar-refractivity contribution is 6.04. The summed E-state index contributed by atoms with van der Waals surface area (Å²) in [6, 6.07) is 9.53. The van der Waals surface area contributed by atoms with Crippen LogP contribution in [0.15, 0.2) is 42.6 Å². The number of halogens is 1. The number of rotatable bonds is 6. The van der Waals surface area contributed by atoms with E-state index >= 15 is 0 Å². The minimum absolute atomic E-state index is 0.0308.